The average Bonchev–Trinajstić information content (AvgIpc) is 3.24. The van der Waals surface area contributed by atoms with Crippen LogP contribution in [0.3, 0.4) is 0 Å². The molecule has 8 nitrogen and oxygen atoms in total. The fourth-order valence-electron chi connectivity index (χ4n) is 7.16. The molecular weight excluding hydrogens is 591 g/mol. The monoisotopic (exact) mass is 652 g/mol. The van der Waals surface area contributed by atoms with Crippen LogP contribution < -0.4 is 0 Å². The molecule has 0 N–H and O–H groups in total. The second-order valence-electron chi connectivity index (χ2n) is 12.1. The van der Waals surface area contributed by atoms with E-state index >= 15 is 0 Å². The minimum atomic E-state index is 0. The molecule has 0 aromatic heterocycles. The number of hydrogen-bond donors (Lipinski definition) is 0. The molecule has 0 spiro atoms. The first kappa shape index (κ1) is 40.8. The van der Waals surface area contributed by atoms with E-state index in [0.717, 1.165) is 38.5 Å². The maximum absolute atomic E-state index is 5.70. The first-order valence-electron chi connectivity index (χ1n) is 16.0. The summed E-state index contributed by atoms with van der Waals surface area (Å²) in [5, 5.41) is 0. The zero-order valence-corrected chi connectivity index (χ0v) is 29.3. The van der Waals surface area contributed by atoms with E-state index in [1.807, 2.05) is 0 Å². The van der Waals surface area contributed by atoms with Crippen molar-refractivity contribution in [1.82, 2.24) is 9.80 Å². The smallest absolute Gasteiger partial charge is 0.109 e. The number of rotatable bonds is 16. The van der Waals surface area contributed by atoms with Gasteiger partial charge >= 0.3 is 0 Å². The molecule has 43 heavy (non-hydrogen) atoms. The summed E-state index contributed by atoms with van der Waals surface area (Å²) in [4.78, 5) is 5.32. The summed E-state index contributed by atoms with van der Waals surface area (Å²) in [5.74, 6) is 0.987. The second-order valence-corrected chi connectivity index (χ2v) is 12.1. The highest BCUT2D eigenvalue weighted by Crippen LogP contribution is 2.32. The Morgan fingerprint density at radius 3 is 1.16 bits per heavy atom. The Balaban J connectivity index is 0.00000462. The second kappa shape index (κ2) is 23.1. The third-order valence-electron chi connectivity index (χ3n) is 9.55. The number of nitrogens with zero attached hydrogens (tertiary/aromatic N) is 2. The number of halogens is 2. The molecule has 1 aliphatic heterocycles. The normalized spacial score (nSPS) is 32.9. The lowest BCUT2D eigenvalue weighted by Gasteiger charge is -2.38. The van der Waals surface area contributed by atoms with Crippen molar-refractivity contribution in [3.05, 3.63) is 24.3 Å². The van der Waals surface area contributed by atoms with E-state index in [4.69, 9.17) is 28.4 Å². The summed E-state index contributed by atoms with van der Waals surface area (Å²) >= 11 is 0. The first-order chi connectivity index (χ1) is 20.1. The molecule has 2 saturated carbocycles. The molecule has 3 aliphatic rings. The van der Waals surface area contributed by atoms with Gasteiger partial charge in [-0.05, 0) is 95.8 Å². The van der Waals surface area contributed by atoms with Gasteiger partial charge in [0.15, 0.2) is 0 Å². The average molecular weight is 654 g/mol. The highest BCUT2D eigenvalue weighted by Gasteiger charge is 2.38. The fraction of sp³-hybridized carbons (Fsp3) is 0.879. The van der Waals surface area contributed by atoms with Crippen LogP contribution >= 0.6 is 24.8 Å². The van der Waals surface area contributed by atoms with E-state index in [-0.39, 0.29) is 61.4 Å². The van der Waals surface area contributed by atoms with Crippen LogP contribution in [0.1, 0.15) is 57.8 Å². The van der Waals surface area contributed by atoms with Gasteiger partial charge in [0.1, 0.15) is 12.2 Å². The van der Waals surface area contributed by atoms with Crippen LogP contribution in [0.15, 0.2) is 24.3 Å². The van der Waals surface area contributed by atoms with Gasteiger partial charge in [-0.15, -0.1) is 24.8 Å². The van der Waals surface area contributed by atoms with E-state index < -0.39 is 0 Å². The molecule has 0 aromatic carbocycles. The standard InChI is InChI=1S/C33H60N2O6.2ClH/c1-36-28-22-26(23-29(37-2)32(28)40-5)14-9-7-11-16-34-18-13-19-35(21-20-34)17-12-8-10-15-27-24-30(38-3)33(41-6)31(25-27)39-4;;/h9-10,14-15,26-33H,7-8,11-13,16-25H2,1-6H3;2*1H. The molecule has 254 valence electrons. The maximum atomic E-state index is 5.70. The lowest BCUT2D eigenvalue weighted by atomic mass is 9.82. The van der Waals surface area contributed by atoms with Gasteiger partial charge in [-0.2, -0.15) is 0 Å². The fourth-order valence-corrected chi connectivity index (χ4v) is 7.16. The van der Waals surface area contributed by atoms with Crippen molar-refractivity contribution in [2.24, 2.45) is 11.8 Å². The molecule has 3 fully saturated rings. The van der Waals surface area contributed by atoms with Gasteiger partial charge in [0.25, 0.3) is 0 Å². The van der Waals surface area contributed by atoms with Gasteiger partial charge in [-0.1, -0.05) is 24.3 Å². The largest absolute Gasteiger partial charge is 0.379 e. The Bertz CT molecular complexity index is 675. The van der Waals surface area contributed by atoms with Crippen LogP contribution in [0.4, 0.5) is 0 Å². The van der Waals surface area contributed by atoms with E-state index in [9.17, 15) is 0 Å². The maximum Gasteiger partial charge on any atom is 0.109 e. The Kier molecular flexibility index (Phi) is 21.9. The summed E-state index contributed by atoms with van der Waals surface area (Å²) in [6.45, 7) is 7.19. The van der Waals surface area contributed by atoms with Gasteiger partial charge in [-0.25, -0.2) is 0 Å². The third kappa shape index (κ3) is 13.2. The summed E-state index contributed by atoms with van der Waals surface area (Å²) in [5.41, 5.74) is 0. The zero-order chi connectivity index (χ0) is 29.5. The zero-order valence-electron chi connectivity index (χ0n) is 27.7. The SMILES string of the molecule is COC1CC(C=CCCCN2CCCN(CCCC=CC3CC(OC)C(OC)C(OC)C3)CC2)CC(OC)C1OC.Cl.Cl. The lowest BCUT2D eigenvalue weighted by molar-refractivity contribution is -0.136. The Labute approximate surface area is 275 Å². The van der Waals surface area contributed by atoms with E-state index in [0.29, 0.717) is 11.8 Å². The van der Waals surface area contributed by atoms with Crippen molar-refractivity contribution in [2.75, 3.05) is 81.9 Å². The molecule has 2 aliphatic carbocycles. The number of allylic oxidation sites excluding steroid dienone is 4. The number of methoxy groups -OCH3 is 6. The Hall–Kier alpha value is -0.260. The van der Waals surface area contributed by atoms with Crippen LogP contribution in [-0.2, 0) is 28.4 Å². The number of unbranched alkanes of at least 4 members (excludes halogenated alkanes) is 2. The lowest BCUT2D eigenvalue weighted by Crippen LogP contribution is -2.47. The molecular formula is C33H62Cl2N2O6. The predicted molar refractivity (Wildman–Crippen MR) is 179 cm³/mol. The van der Waals surface area contributed by atoms with Gasteiger partial charge in [-0.3, -0.25) is 0 Å². The van der Waals surface area contributed by atoms with Crippen molar-refractivity contribution in [3.63, 3.8) is 0 Å². The molecule has 3 rings (SSSR count). The molecule has 10 heteroatoms. The molecule has 1 saturated heterocycles. The molecule has 0 amide bonds. The van der Waals surface area contributed by atoms with Crippen molar-refractivity contribution in [3.8, 4) is 0 Å². The van der Waals surface area contributed by atoms with Crippen LogP contribution in [-0.4, -0.2) is 128 Å². The molecule has 0 aromatic rings. The highest BCUT2D eigenvalue weighted by atomic mass is 35.5. The minimum Gasteiger partial charge on any atom is -0.379 e. The molecule has 1 heterocycles. The van der Waals surface area contributed by atoms with Crippen LogP contribution in [0, 0.1) is 11.8 Å². The van der Waals surface area contributed by atoms with Gasteiger partial charge in [0.05, 0.1) is 24.4 Å². The summed E-state index contributed by atoms with van der Waals surface area (Å²) in [7, 11) is 10.6. The van der Waals surface area contributed by atoms with Crippen molar-refractivity contribution in [1.29, 1.82) is 0 Å². The minimum absolute atomic E-state index is 0. The number of ether oxygens (including phenoxy) is 6. The van der Waals surface area contributed by atoms with Crippen LogP contribution in [0.2, 0.25) is 0 Å². The van der Waals surface area contributed by atoms with Gasteiger partial charge < -0.3 is 38.2 Å². The van der Waals surface area contributed by atoms with Crippen molar-refractivity contribution in [2.45, 2.75) is 94.4 Å². The van der Waals surface area contributed by atoms with E-state index in [2.05, 4.69) is 34.1 Å². The predicted octanol–water partition coefficient (Wildman–Crippen LogP) is 5.42. The topological polar surface area (TPSA) is 61.9 Å². The Morgan fingerprint density at radius 1 is 0.512 bits per heavy atom. The van der Waals surface area contributed by atoms with Crippen LogP contribution in [0.5, 0.6) is 0 Å². The van der Waals surface area contributed by atoms with Crippen molar-refractivity contribution < 1.29 is 28.4 Å². The van der Waals surface area contributed by atoms with Gasteiger partial charge in [0, 0.05) is 55.7 Å². The quantitative estimate of drug-likeness (QED) is 0.162. The summed E-state index contributed by atoms with van der Waals surface area (Å²) in [6.07, 6.45) is 19.9. The summed E-state index contributed by atoms with van der Waals surface area (Å²) in [6, 6.07) is 0. The van der Waals surface area contributed by atoms with E-state index in [1.165, 1.54) is 58.5 Å². The molecule has 4 atom stereocenters. The molecule has 4 unspecified atom stereocenters. The first-order valence-corrected chi connectivity index (χ1v) is 16.0. The highest BCUT2D eigenvalue weighted by molar-refractivity contribution is 5.85. The molecule has 0 radical (unpaired) electrons. The van der Waals surface area contributed by atoms with Crippen LogP contribution in [0.25, 0.3) is 0 Å². The third-order valence-corrected chi connectivity index (χ3v) is 9.55. The Morgan fingerprint density at radius 2 is 0.860 bits per heavy atom. The summed E-state index contributed by atoms with van der Waals surface area (Å²) < 4.78 is 34.1. The van der Waals surface area contributed by atoms with Crippen molar-refractivity contribution >= 4 is 24.8 Å². The van der Waals surface area contributed by atoms with Gasteiger partial charge in [0.2, 0.25) is 0 Å². The molecule has 0 bridgehead atoms. The van der Waals surface area contributed by atoms with E-state index in [1.54, 1.807) is 42.7 Å². The number of hydrogen-bond acceptors (Lipinski definition) is 8.